The third kappa shape index (κ3) is 1.07. The first kappa shape index (κ1) is 7.29. The number of fused-ring (bicyclic) bond motifs is 1. The molecule has 0 atom stereocenters. The van der Waals surface area contributed by atoms with Gasteiger partial charge in [0.15, 0.2) is 5.78 Å². The van der Waals surface area contributed by atoms with Crippen molar-refractivity contribution in [1.82, 2.24) is 0 Å². The minimum absolute atomic E-state index is 0.143. The predicted molar refractivity (Wildman–Crippen MR) is 49.2 cm³/mol. The van der Waals surface area contributed by atoms with Gasteiger partial charge in [-0.25, -0.2) is 0 Å². The van der Waals surface area contributed by atoms with Gasteiger partial charge in [0.1, 0.15) is 0 Å². The minimum Gasteiger partial charge on any atom is -0.295 e. The molecule has 12 heavy (non-hydrogen) atoms. The summed E-state index contributed by atoms with van der Waals surface area (Å²) >= 11 is 0. The van der Waals surface area contributed by atoms with E-state index in [-0.39, 0.29) is 5.78 Å². The van der Waals surface area contributed by atoms with Crippen molar-refractivity contribution in [2.75, 3.05) is 0 Å². The summed E-state index contributed by atoms with van der Waals surface area (Å²) < 4.78 is 0. The van der Waals surface area contributed by atoms with Gasteiger partial charge in [0.2, 0.25) is 0 Å². The number of allylic oxidation sites excluding steroid dienone is 1. The van der Waals surface area contributed by atoms with E-state index in [0.717, 1.165) is 12.0 Å². The van der Waals surface area contributed by atoms with Crippen LogP contribution in [0.2, 0.25) is 0 Å². The first-order chi connectivity index (χ1) is 5.77. The van der Waals surface area contributed by atoms with Crippen LogP contribution in [0.5, 0.6) is 0 Å². The molecule has 0 heterocycles. The maximum Gasteiger partial charge on any atom is 0.159 e. The van der Waals surface area contributed by atoms with Gasteiger partial charge in [-0.1, -0.05) is 24.3 Å². The monoisotopic (exact) mass is 158 g/mol. The van der Waals surface area contributed by atoms with Crippen molar-refractivity contribution >= 4 is 11.9 Å². The van der Waals surface area contributed by atoms with Gasteiger partial charge in [0.05, 0.1) is 0 Å². The quantitative estimate of drug-likeness (QED) is 0.574. The van der Waals surface area contributed by atoms with E-state index < -0.39 is 0 Å². The lowest BCUT2D eigenvalue weighted by Gasteiger charge is -2.00. The first-order valence-corrected chi connectivity index (χ1v) is 4.08. The minimum atomic E-state index is 0.143. The first-order valence-electron chi connectivity index (χ1n) is 4.08. The molecule has 1 heteroatoms. The maximum atomic E-state index is 11.0. The summed E-state index contributed by atoms with van der Waals surface area (Å²) in [5.41, 5.74) is 3.33. The van der Waals surface area contributed by atoms with Gasteiger partial charge in [0, 0.05) is 5.56 Å². The number of benzene rings is 1. The average molecular weight is 158 g/mol. The molecule has 0 unspecified atom stereocenters. The summed E-state index contributed by atoms with van der Waals surface area (Å²) in [7, 11) is 0. The molecule has 0 saturated heterocycles. The Morgan fingerprint density at radius 2 is 2.25 bits per heavy atom. The molecule has 0 radical (unpaired) electrons. The molecule has 0 fully saturated rings. The highest BCUT2D eigenvalue weighted by molar-refractivity contribution is 5.94. The molecule has 1 aliphatic rings. The molecule has 0 amide bonds. The molecular weight excluding hydrogens is 148 g/mol. The topological polar surface area (TPSA) is 17.1 Å². The summed E-state index contributed by atoms with van der Waals surface area (Å²) in [6.07, 6.45) is 5.18. The van der Waals surface area contributed by atoms with Gasteiger partial charge in [-0.3, -0.25) is 4.79 Å². The number of carbonyl (C=O) groups excluding carboxylic acids is 1. The second-order valence-corrected chi connectivity index (χ2v) is 3.08. The van der Waals surface area contributed by atoms with E-state index in [1.54, 1.807) is 6.92 Å². The summed E-state index contributed by atoms with van der Waals surface area (Å²) in [5, 5.41) is 0. The number of hydrogen-bond donors (Lipinski definition) is 0. The Bertz CT molecular complexity index is 361. The van der Waals surface area contributed by atoms with Crippen LogP contribution in [-0.2, 0) is 6.42 Å². The lowest BCUT2D eigenvalue weighted by atomic mass is 10.0. The molecule has 60 valence electrons. The van der Waals surface area contributed by atoms with E-state index in [1.165, 1.54) is 11.1 Å². The number of carbonyl (C=O) groups is 1. The summed E-state index contributed by atoms with van der Waals surface area (Å²) in [6, 6.07) is 5.88. The lowest BCUT2D eigenvalue weighted by Crippen LogP contribution is -1.93. The molecule has 1 nitrogen and oxygen atoms in total. The highest BCUT2D eigenvalue weighted by Gasteiger charge is 2.06. The van der Waals surface area contributed by atoms with Crippen LogP contribution in [0, 0.1) is 0 Å². The van der Waals surface area contributed by atoms with Crippen molar-refractivity contribution < 1.29 is 4.79 Å². The SMILES string of the molecule is CC(=O)c1ccc2c(c1)CC=C2. The molecule has 1 aromatic carbocycles. The van der Waals surface area contributed by atoms with E-state index in [1.807, 2.05) is 18.2 Å². The van der Waals surface area contributed by atoms with Crippen LogP contribution in [0.25, 0.3) is 6.08 Å². The van der Waals surface area contributed by atoms with Crippen molar-refractivity contribution in [3.63, 3.8) is 0 Å². The van der Waals surface area contributed by atoms with Gasteiger partial charge in [-0.2, -0.15) is 0 Å². The summed E-state index contributed by atoms with van der Waals surface area (Å²) in [4.78, 5) is 11.0. The lowest BCUT2D eigenvalue weighted by molar-refractivity contribution is 0.101. The Kier molecular flexibility index (Phi) is 1.58. The van der Waals surface area contributed by atoms with Crippen LogP contribution in [0.3, 0.4) is 0 Å². The molecule has 1 aromatic rings. The van der Waals surface area contributed by atoms with Crippen molar-refractivity contribution in [2.45, 2.75) is 13.3 Å². The van der Waals surface area contributed by atoms with E-state index in [9.17, 15) is 4.79 Å². The number of Topliss-reactive ketones (excluding diaryl/α,β-unsaturated/α-hetero) is 1. The zero-order valence-corrected chi connectivity index (χ0v) is 7.00. The van der Waals surface area contributed by atoms with E-state index in [2.05, 4.69) is 12.2 Å². The molecule has 0 N–H and O–H groups in total. The summed E-state index contributed by atoms with van der Waals surface area (Å²) in [6.45, 7) is 1.60. The van der Waals surface area contributed by atoms with Crippen LogP contribution in [-0.4, -0.2) is 5.78 Å². The third-order valence-electron chi connectivity index (χ3n) is 2.18. The Morgan fingerprint density at radius 3 is 3.00 bits per heavy atom. The average Bonchev–Trinajstić information content (AvgIpc) is 2.49. The summed E-state index contributed by atoms with van der Waals surface area (Å²) in [5.74, 6) is 0.143. The maximum absolute atomic E-state index is 11.0. The van der Waals surface area contributed by atoms with Gasteiger partial charge >= 0.3 is 0 Å². The van der Waals surface area contributed by atoms with Gasteiger partial charge < -0.3 is 0 Å². The molecule has 0 bridgehead atoms. The zero-order chi connectivity index (χ0) is 8.55. The van der Waals surface area contributed by atoms with E-state index in [4.69, 9.17) is 0 Å². The fourth-order valence-electron chi connectivity index (χ4n) is 1.48. The molecule has 0 aliphatic heterocycles. The zero-order valence-electron chi connectivity index (χ0n) is 7.00. The molecule has 0 saturated carbocycles. The molecule has 0 spiro atoms. The molecular formula is C11H10O. The predicted octanol–water partition coefficient (Wildman–Crippen LogP) is 2.46. The Morgan fingerprint density at radius 1 is 1.42 bits per heavy atom. The molecule has 1 aliphatic carbocycles. The van der Waals surface area contributed by atoms with Crippen LogP contribution in [0.15, 0.2) is 24.3 Å². The smallest absolute Gasteiger partial charge is 0.159 e. The van der Waals surface area contributed by atoms with E-state index >= 15 is 0 Å². The van der Waals surface area contributed by atoms with Crippen LogP contribution >= 0.6 is 0 Å². The fraction of sp³-hybridized carbons (Fsp3) is 0.182. The van der Waals surface area contributed by atoms with Gasteiger partial charge in [-0.15, -0.1) is 0 Å². The molecule has 2 rings (SSSR count). The second kappa shape index (κ2) is 2.59. The van der Waals surface area contributed by atoms with Crippen molar-refractivity contribution in [1.29, 1.82) is 0 Å². The van der Waals surface area contributed by atoms with Crippen molar-refractivity contribution in [3.8, 4) is 0 Å². The Balaban J connectivity index is 2.49. The normalized spacial score (nSPS) is 13.1. The van der Waals surface area contributed by atoms with Crippen LogP contribution in [0.1, 0.15) is 28.4 Å². The molecule has 0 aromatic heterocycles. The number of ketones is 1. The fourth-order valence-corrected chi connectivity index (χ4v) is 1.48. The number of hydrogen-bond acceptors (Lipinski definition) is 1. The Labute approximate surface area is 71.7 Å². The van der Waals surface area contributed by atoms with Gasteiger partial charge in [-0.05, 0) is 30.5 Å². The van der Waals surface area contributed by atoms with Gasteiger partial charge in [0.25, 0.3) is 0 Å². The van der Waals surface area contributed by atoms with Crippen molar-refractivity contribution in [3.05, 3.63) is 41.0 Å². The number of rotatable bonds is 1. The third-order valence-corrected chi connectivity index (χ3v) is 2.18. The highest BCUT2D eigenvalue weighted by atomic mass is 16.1. The Hall–Kier alpha value is -1.37. The standard InChI is InChI=1S/C11H10O/c1-8(12)10-6-5-9-3-2-4-11(9)7-10/h2-3,5-7H,4H2,1H3. The van der Waals surface area contributed by atoms with Crippen molar-refractivity contribution in [2.24, 2.45) is 0 Å². The highest BCUT2D eigenvalue weighted by Crippen LogP contribution is 2.20. The largest absolute Gasteiger partial charge is 0.295 e. The van der Waals surface area contributed by atoms with E-state index in [0.29, 0.717) is 0 Å². The van der Waals surface area contributed by atoms with Crippen LogP contribution < -0.4 is 0 Å². The van der Waals surface area contributed by atoms with Crippen LogP contribution in [0.4, 0.5) is 0 Å². The second-order valence-electron chi connectivity index (χ2n) is 3.08.